The number of hydrogen-bond donors (Lipinski definition) is 1. The van der Waals surface area contributed by atoms with E-state index < -0.39 is 9.84 Å². The zero-order valence-electron chi connectivity index (χ0n) is 15.3. The van der Waals surface area contributed by atoms with Crippen molar-refractivity contribution < 1.29 is 8.42 Å². The zero-order valence-corrected chi connectivity index (χ0v) is 16.9. The normalized spacial score (nSPS) is 17.0. The second-order valence-corrected chi connectivity index (χ2v) is 9.72. The van der Waals surface area contributed by atoms with Crippen molar-refractivity contribution in [2.24, 2.45) is 0 Å². The van der Waals surface area contributed by atoms with Gasteiger partial charge in [0.2, 0.25) is 0 Å². The minimum absolute atomic E-state index is 0.0376. The van der Waals surface area contributed by atoms with E-state index in [1.54, 1.807) is 0 Å². The van der Waals surface area contributed by atoms with Gasteiger partial charge < -0.3 is 5.32 Å². The van der Waals surface area contributed by atoms with Gasteiger partial charge in [0.15, 0.2) is 9.84 Å². The Balaban J connectivity index is 1.95. The summed E-state index contributed by atoms with van der Waals surface area (Å²) in [5.41, 5.74) is 4.13. The summed E-state index contributed by atoms with van der Waals surface area (Å²) in [5, 5.41) is 13.1. The van der Waals surface area contributed by atoms with E-state index in [4.69, 9.17) is 16.9 Å². The van der Waals surface area contributed by atoms with Crippen LogP contribution >= 0.6 is 11.6 Å². The lowest BCUT2D eigenvalue weighted by molar-refractivity contribution is 0.518. The number of fused-ring (bicyclic) bond motifs is 1. The van der Waals surface area contributed by atoms with Crippen LogP contribution in [-0.2, 0) is 15.6 Å². The molecule has 1 heterocycles. The minimum atomic E-state index is -3.10. The van der Waals surface area contributed by atoms with Gasteiger partial charge in [-0.15, -0.1) is 0 Å². The van der Waals surface area contributed by atoms with Gasteiger partial charge in [0.25, 0.3) is 0 Å². The Kier molecular flexibility index (Phi) is 6.08. The van der Waals surface area contributed by atoms with Crippen molar-refractivity contribution in [1.29, 1.82) is 5.26 Å². The van der Waals surface area contributed by atoms with E-state index in [0.717, 1.165) is 36.2 Å². The second kappa shape index (κ2) is 8.33. The van der Waals surface area contributed by atoms with Crippen LogP contribution in [0.25, 0.3) is 0 Å². The summed E-state index contributed by atoms with van der Waals surface area (Å²) < 4.78 is 23.5. The highest BCUT2D eigenvalue weighted by Crippen LogP contribution is 2.45. The third kappa shape index (κ3) is 4.82. The molecule has 0 fully saturated rings. The summed E-state index contributed by atoms with van der Waals surface area (Å²) >= 11 is 6.05. The summed E-state index contributed by atoms with van der Waals surface area (Å²) in [6, 6.07) is 16.0. The van der Waals surface area contributed by atoms with E-state index in [1.807, 2.05) is 24.3 Å². The number of para-hydroxylation sites is 1. The molecule has 6 heteroatoms. The molecule has 0 spiro atoms. The first-order valence-electron chi connectivity index (χ1n) is 9.05. The predicted octanol–water partition coefficient (Wildman–Crippen LogP) is 4.87. The molecule has 4 nitrogen and oxygen atoms in total. The lowest BCUT2D eigenvalue weighted by atomic mass is 9.79. The molecule has 2 aromatic rings. The van der Waals surface area contributed by atoms with Crippen molar-refractivity contribution >= 4 is 27.1 Å². The third-order valence-electron chi connectivity index (χ3n) is 5.09. The number of benzene rings is 2. The fourth-order valence-electron chi connectivity index (χ4n) is 3.94. The highest BCUT2D eigenvalue weighted by Gasteiger charge is 2.32. The molecule has 1 aliphatic heterocycles. The van der Waals surface area contributed by atoms with Gasteiger partial charge in [0, 0.05) is 35.8 Å². The Hall–Kier alpha value is -2.03. The summed E-state index contributed by atoms with van der Waals surface area (Å²) in [6.45, 7) is 0.760. The second-order valence-electron chi connectivity index (χ2n) is 7.15. The first-order chi connectivity index (χ1) is 12.9. The highest BCUT2D eigenvalue weighted by molar-refractivity contribution is 7.89. The van der Waals surface area contributed by atoms with E-state index in [-0.39, 0.29) is 17.6 Å². The molecule has 1 N–H and O–H groups in total. The van der Waals surface area contributed by atoms with E-state index in [1.165, 1.54) is 11.8 Å². The molecule has 2 atom stereocenters. The van der Waals surface area contributed by atoms with Crippen LogP contribution in [0.1, 0.15) is 47.8 Å². The monoisotopic (exact) mass is 402 g/mol. The van der Waals surface area contributed by atoms with E-state index in [2.05, 4.69) is 29.6 Å². The Labute approximate surface area is 166 Å². The molecule has 0 saturated heterocycles. The maximum atomic E-state index is 11.8. The van der Waals surface area contributed by atoms with Gasteiger partial charge in [-0.2, -0.15) is 5.26 Å². The lowest BCUT2D eigenvalue weighted by Crippen LogP contribution is -2.13. The van der Waals surface area contributed by atoms with Crippen LogP contribution in [0.4, 0.5) is 5.69 Å². The number of rotatable bonds is 7. The van der Waals surface area contributed by atoms with Gasteiger partial charge in [-0.25, -0.2) is 8.42 Å². The molecule has 3 rings (SSSR count). The number of hydrogen-bond acceptors (Lipinski definition) is 4. The van der Waals surface area contributed by atoms with Crippen LogP contribution in [0.5, 0.6) is 0 Å². The maximum absolute atomic E-state index is 11.8. The van der Waals surface area contributed by atoms with E-state index in [0.29, 0.717) is 11.4 Å². The van der Waals surface area contributed by atoms with Gasteiger partial charge in [0.05, 0.1) is 11.8 Å². The van der Waals surface area contributed by atoms with E-state index in [9.17, 15) is 8.42 Å². The average Bonchev–Trinajstić information content (AvgIpc) is 3.04. The molecule has 0 radical (unpaired) electrons. The molecular formula is C21H23ClN2O2S. The third-order valence-corrected chi connectivity index (χ3v) is 6.17. The average molecular weight is 403 g/mol. The Bertz CT molecular complexity index is 949. The number of nitriles is 1. The number of halogens is 1. The van der Waals surface area contributed by atoms with Crippen LogP contribution in [0.2, 0.25) is 5.02 Å². The SMILES string of the molecule is CS(=O)(=O)Cc1cccc2c1NCC2C(CCCC#N)c1ccc(Cl)cc1. The van der Waals surface area contributed by atoms with Crippen molar-refractivity contribution in [2.75, 3.05) is 18.1 Å². The van der Waals surface area contributed by atoms with Gasteiger partial charge in [-0.05, 0) is 47.6 Å². The van der Waals surface area contributed by atoms with Crippen molar-refractivity contribution in [3.8, 4) is 6.07 Å². The molecule has 0 bridgehead atoms. The largest absolute Gasteiger partial charge is 0.384 e. The number of unbranched alkanes of at least 4 members (excludes halogenated alkanes) is 1. The van der Waals surface area contributed by atoms with Gasteiger partial charge in [0.1, 0.15) is 0 Å². The first kappa shape index (κ1) is 19.7. The first-order valence-corrected chi connectivity index (χ1v) is 11.5. The molecule has 0 aliphatic carbocycles. The van der Waals surface area contributed by atoms with Crippen LogP contribution in [-0.4, -0.2) is 21.2 Å². The molecule has 2 unspecified atom stereocenters. The molecule has 27 heavy (non-hydrogen) atoms. The van der Waals surface area contributed by atoms with Crippen molar-refractivity contribution in [1.82, 2.24) is 0 Å². The van der Waals surface area contributed by atoms with Crippen LogP contribution < -0.4 is 5.32 Å². The molecule has 142 valence electrons. The summed E-state index contributed by atoms with van der Waals surface area (Å²) in [4.78, 5) is 0. The topological polar surface area (TPSA) is 70.0 Å². The minimum Gasteiger partial charge on any atom is -0.384 e. The summed E-state index contributed by atoms with van der Waals surface area (Å²) in [6.07, 6.45) is 3.53. The predicted molar refractivity (Wildman–Crippen MR) is 110 cm³/mol. The molecule has 0 aromatic heterocycles. The van der Waals surface area contributed by atoms with Crippen LogP contribution in [0, 0.1) is 11.3 Å². The Morgan fingerprint density at radius 2 is 2.00 bits per heavy atom. The highest BCUT2D eigenvalue weighted by atomic mass is 35.5. The number of sulfone groups is 1. The lowest BCUT2D eigenvalue weighted by Gasteiger charge is -2.24. The Morgan fingerprint density at radius 3 is 2.67 bits per heavy atom. The van der Waals surface area contributed by atoms with Gasteiger partial charge in [-0.1, -0.05) is 41.9 Å². The zero-order chi connectivity index (χ0) is 19.4. The molecule has 2 aromatic carbocycles. The summed E-state index contributed by atoms with van der Waals surface area (Å²) in [5.74, 6) is 0.521. The van der Waals surface area contributed by atoms with Crippen LogP contribution in [0.3, 0.4) is 0 Å². The standard InChI is InChI=1S/C21H23ClN2O2S/c1-27(25,26)14-16-5-4-7-19-20(13-24-21(16)19)18(6-2-3-12-23)15-8-10-17(22)11-9-15/h4-5,7-11,18,20,24H,2-3,6,13-14H2,1H3. The van der Waals surface area contributed by atoms with Gasteiger partial charge >= 0.3 is 0 Å². The van der Waals surface area contributed by atoms with Crippen molar-refractivity contribution in [3.05, 3.63) is 64.2 Å². The number of nitrogens with one attached hydrogen (secondary N) is 1. The van der Waals surface area contributed by atoms with E-state index >= 15 is 0 Å². The Morgan fingerprint density at radius 1 is 1.26 bits per heavy atom. The molecule has 0 amide bonds. The smallest absolute Gasteiger partial charge is 0.151 e. The molecule has 0 saturated carbocycles. The quantitative estimate of drug-likeness (QED) is 0.670. The summed E-state index contributed by atoms with van der Waals surface area (Å²) in [7, 11) is -3.10. The number of nitrogens with zero attached hydrogens (tertiary/aromatic N) is 1. The molecular weight excluding hydrogens is 380 g/mol. The van der Waals surface area contributed by atoms with Crippen molar-refractivity contribution in [2.45, 2.75) is 36.9 Å². The maximum Gasteiger partial charge on any atom is 0.151 e. The fraction of sp³-hybridized carbons (Fsp3) is 0.381. The fourth-order valence-corrected chi connectivity index (χ4v) is 4.87. The number of anilines is 1. The van der Waals surface area contributed by atoms with Crippen LogP contribution in [0.15, 0.2) is 42.5 Å². The van der Waals surface area contributed by atoms with Gasteiger partial charge in [-0.3, -0.25) is 0 Å². The molecule has 1 aliphatic rings. The van der Waals surface area contributed by atoms with Crippen molar-refractivity contribution in [3.63, 3.8) is 0 Å².